The van der Waals surface area contributed by atoms with Crippen LogP contribution in [0.25, 0.3) is 0 Å². The summed E-state index contributed by atoms with van der Waals surface area (Å²) in [4.78, 5) is 6.29. The van der Waals surface area contributed by atoms with Crippen molar-refractivity contribution in [2.45, 2.75) is 11.5 Å². The van der Waals surface area contributed by atoms with Crippen molar-refractivity contribution in [3.05, 3.63) is 47.2 Å². The number of benzene rings is 1. The van der Waals surface area contributed by atoms with Gasteiger partial charge in [-0.1, -0.05) is 41.9 Å². The Kier molecular flexibility index (Phi) is 3.10. The van der Waals surface area contributed by atoms with Gasteiger partial charge in [-0.25, -0.2) is 0 Å². The fourth-order valence-corrected chi connectivity index (χ4v) is 2.71. The molecule has 94 valence electrons. The van der Waals surface area contributed by atoms with Crippen LogP contribution in [0.5, 0.6) is 0 Å². The van der Waals surface area contributed by atoms with E-state index in [4.69, 9.17) is 16.3 Å². The van der Waals surface area contributed by atoms with Crippen molar-refractivity contribution in [3.8, 4) is 0 Å². The number of hydrogen-bond acceptors (Lipinski definition) is 3. The number of nitrogens with zero attached hydrogens (tertiary/aromatic N) is 2. The molecular weight excluding hydrogens is 248 g/mol. The Hall–Kier alpha value is -1.32. The Bertz CT molecular complexity index is 498. The minimum atomic E-state index is -0.312. The first-order valence-electron chi connectivity index (χ1n) is 6.03. The second-order valence-electron chi connectivity index (χ2n) is 4.59. The van der Waals surface area contributed by atoms with E-state index < -0.39 is 0 Å². The highest BCUT2D eigenvalue weighted by atomic mass is 35.5. The largest absolute Gasteiger partial charge is 0.376 e. The zero-order chi connectivity index (χ0) is 12.5. The zero-order valence-corrected chi connectivity index (χ0v) is 11.0. The third-order valence-electron chi connectivity index (χ3n) is 3.46. The number of likely N-dealkylation sites (N-methyl/N-ethyl adjacent to an activating group) is 1. The van der Waals surface area contributed by atoms with Crippen molar-refractivity contribution in [2.24, 2.45) is 4.99 Å². The average Bonchev–Trinajstić information content (AvgIpc) is 2.43. The SMILES string of the molecule is CN1C2=C(C=NC1Cl)COCC2c1ccccc1. The Morgan fingerprint density at radius 3 is 2.89 bits per heavy atom. The van der Waals surface area contributed by atoms with Crippen LogP contribution in [-0.4, -0.2) is 37.0 Å². The van der Waals surface area contributed by atoms with Crippen LogP contribution >= 0.6 is 11.6 Å². The Morgan fingerprint density at radius 1 is 1.33 bits per heavy atom. The van der Waals surface area contributed by atoms with E-state index in [0.717, 1.165) is 5.57 Å². The maximum absolute atomic E-state index is 6.19. The summed E-state index contributed by atoms with van der Waals surface area (Å²) < 4.78 is 5.67. The third kappa shape index (κ3) is 1.93. The van der Waals surface area contributed by atoms with Crippen LogP contribution in [0.15, 0.2) is 46.6 Å². The van der Waals surface area contributed by atoms with E-state index in [2.05, 4.69) is 29.3 Å². The molecule has 2 atom stereocenters. The number of halogens is 1. The molecule has 0 aliphatic carbocycles. The monoisotopic (exact) mass is 262 g/mol. The van der Waals surface area contributed by atoms with Gasteiger partial charge in [0.05, 0.1) is 13.2 Å². The van der Waals surface area contributed by atoms with Crippen molar-refractivity contribution in [3.63, 3.8) is 0 Å². The molecule has 1 aromatic carbocycles. The molecule has 0 spiro atoms. The fourth-order valence-electron chi connectivity index (χ4n) is 2.54. The Balaban J connectivity index is 2.03. The van der Waals surface area contributed by atoms with E-state index in [1.165, 1.54) is 11.3 Å². The highest BCUT2D eigenvalue weighted by Gasteiger charge is 2.31. The lowest BCUT2D eigenvalue weighted by molar-refractivity contribution is 0.120. The van der Waals surface area contributed by atoms with E-state index in [0.29, 0.717) is 13.2 Å². The second kappa shape index (κ2) is 4.75. The lowest BCUT2D eigenvalue weighted by Gasteiger charge is -2.38. The maximum atomic E-state index is 6.19. The molecule has 18 heavy (non-hydrogen) atoms. The molecule has 0 fully saturated rings. The normalized spacial score (nSPS) is 27.3. The fraction of sp³-hybridized carbons (Fsp3) is 0.357. The van der Waals surface area contributed by atoms with Gasteiger partial charge in [-0.15, -0.1) is 0 Å². The van der Waals surface area contributed by atoms with Gasteiger partial charge >= 0.3 is 0 Å². The van der Waals surface area contributed by atoms with Crippen molar-refractivity contribution in [1.29, 1.82) is 0 Å². The molecule has 2 aliphatic heterocycles. The highest BCUT2D eigenvalue weighted by Crippen LogP contribution is 2.35. The van der Waals surface area contributed by atoms with Gasteiger partial charge in [-0.05, 0) is 5.56 Å². The van der Waals surface area contributed by atoms with Crippen LogP contribution in [-0.2, 0) is 4.74 Å². The molecule has 3 nitrogen and oxygen atoms in total. The minimum Gasteiger partial charge on any atom is -0.376 e. The molecule has 0 aromatic heterocycles. The third-order valence-corrected chi connectivity index (χ3v) is 3.86. The predicted molar refractivity (Wildman–Crippen MR) is 72.9 cm³/mol. The van der Waals surface area contributed by atoms with Crippen molar-refractivity contribution >= 4 is 17.8 Å². The molecule has 2 aliphatic rings. The second-order valence-corrected chi connectivity index (χ2v) is 4.98. The molecule has 0 bridgehead atoms. The molecule has 3 rings (SSSR count). The van der Waals surface area contributed by atoms with E-state index in [9.17, 15) is 0 Å². The van der Waals surface area contributed by atoms with Crippen LogP contribution in [0.3, 0.4) is 0 Å². The van der Waals surface area contributed by atoms with E-state index in [1.807, 2.05) is 24.2 Å². The first-order valence-corrected chi connectivity index (χ1v) is 6.47. The molecular formula is C14H15ClN2O. The molecule has 0 amide bonds. The van der Waals surface area contributed by atoms with Crippen molar-refractivity contribution in [2.75, 3.05) is 20.3 Å². The van der Waals surface area contributed by atoms with Gasteiger partial charge in [0.1, 0.15) is 0 Å². The quantitative estimate of drug-likeness (QED) is 0.574. The number of aliphatic imine (C=N–C) groups is 1. The Morgan fingerprint density at radius 2 is 2.11 bits per heavy atom. The van der Waals surface area contributed by atoms with Gasteiger partial charge in [-0.3, -0.25) is 4.99 Å². The first kappa shape index (κ1) is 11.8. The standard InChI is InChI=1S/C14H15ClN2O/c1-17-13-11(7-16-14(17)15)8-18-9-12(13)10-5-3-2-4-6-10/h2-7,12,14H,8-9H2,1H3. The summed E-state index contributed by atoms with van der Waals surface area (Å²) in [6.45, 7) is 1.32. The first-order chi connectivity index (χ1) is 8.77. The number of ether oxygens (including phenoxy) is 1. The predicted octanol–water partition coefficient (Wildman–Crippen LogP) is 2.59. The summed E-state index contributed by atoms with van der Waals surface area (Å²) in [6.07, 6.45) is 1.85. The molecule has 4 heteroatoms. The maximum Gasteiger partial charge on any atom is 0.197 e. The van der Waals surface area contributed by atoms with Gasteiger partial charge < -0.3 is 9.64 Å². The number of alkyl halides is 1. The van der Waals surface area contributed by atoms with Gasteiger partial charge in [0, 0.05) is 30.5 Å². The summed E-state index contributed by atoms with van der Waals surface area (Å²) in [6, 6.07) is 10.4. The van der Waals surface area contributed by atoms with E-state index in [1.54, 1.807) is 0 Å². The molecule has 1 aromatic rings. The molecule has 0 saturated carbocycles. The van der Waals surface area contributed by atoms with Gasteiger partial charge in [0.25, 0.3) is 0 Å². The van der Waals surface area contributed by atoms with Gasteiger partial charge in [-0.2, -0.15) is 0 Å². The number of rotatable bonds is 1. The molecule has 0 N–H and O–H groups in total. The highest BCUT2D eigenvalue weighted by molar-refractivity contribution is 6.21. The lowest BCUT2D eigenvalue weighted by Crippen LogP contribution is -2.37. The minimum absolute atomic E-state index is 0.243. The zero-order valence-electron chi connectivity index (χ0n) is 10.2. The molecule has 0 radical (unpaired) electrons. The van der Waals surface area contributed by atoms with Crippen LogP contribution in [0, 0.1) is 0 Å². The van der Waals surface area contributed by atoms with E-state index in [-0.39, 0.29) is 11.5 Å². The summed E-state index contributed by atoms with van der Waals surface area (Å²) in [5.74, 6) is 0.243. The van der Waals surface area contributed by atoms with Crippen molar-refractivity contribution < 1.29 is 4.74 Å². The van der Waals surface area contributed by atoms with Crippen LogP contribution < -0.4 is 0 Å². The molecule has 0 saturated heterocycles. The Labute approximate surface area is 112 Å². The number of hydrogen-bond donors (Lipinski definition) is 0. The van der Waals surface area contributed by atoms with E-state index >= 15 is 0 Å². The van der Waals surface area contributed by atoms with Crippen LogP contribution in [0.4, 0.5) is 0 Å². The van der Waals surface area contributed by atoms with Gasteiger partial charge in [0.15, 0.2) is 5.62 Å². The lowest BCUT2D eigenvalue weighted by atomic mass is 9.91. The van der Waals surface area contributed by atoms with Crippen LogP contribution in [0.2, 0.25) is 0 Å². The molecule has 2 heterocycles. The van der Waals surface area contributed by atoms with Crippen LogP contribution in [0.1, 0.15) is 11.5 Å². The summed E-state index contributed by atoms with van der Waals surface area (Å²) in [5.41, 5.74) is 3.32. The van der Waals surface area contributed by atoms with Gasteiger partial charge in [0.2, 0.25) is 0 Å². The smallest absolute Gasteiger partial charge is 0.197 e. The summed E-state index contributed by atoms with van der Waals surface area (Å²) in [7, 11) is 1.99. The average molecular weight is 263 g/mol. The molecule has 2 unspecified atom stereocenters. The topological polar surface area (TPSA) is 24.8 Å². The van der Waals surface area contributed by atoms with Crippen molar-refractivity contribution in [1.82, 2.24) is 4.90 Å². The summed E-state index contributed by atoms with van der Waals surface area (Å²) in [5, 5.41) is 0. The summed E-state index contributed by atoms with van der Waals surface area (Å²) >= 11 is 6.19.